The Labute approximate surface area is 544 Å². The van der Waals surface area contributed by atoms with E-state index in [2.05, 4.69) is 21.3 Å². The number of hydrogen-bond donors (Lipinski definition) is 5. The minimum atomic E-state index is -2.21. The zero-order chi connectivity index (χ0) is 70.2. The van der Waals surface area contributed by atoms with Gasteiger partial charge in [0.15, 0.2) is 0 Å². The maximum atomic E-state index is 16.1. The number of nitrogens with one attached hydrogen (secondary N) is 4. The number of carbonyl (C=O) groups excluding carboxylic acids is 11. The molecular weight excluding hydrogens is 1170 g/mol. The van der Waals surface area contributed by atoms with Gasteiger partial charge in [-0.2, -0.15) is 0 Å². The van der Waals surface area contributed by atoms with Crippen LogP contribution in [0, 0.1) is 41.4 Å². The van der Waals surface area contributed by atoms with Crippen LogP contribution in [0.4, 0.5) is 0 Å². The first-order chi connectivity index (χ1) is 42.0. The Morgan fingerprint density at radius 2 is 0.989 bits per heavy atom. The molecule has 520 valence electrons. The maximum Gasteiger partial charge on any atom is 0.276 e. The highest BCUT2D eigenvalue weighted by Crippen LogP contribution is 2.35. The molecule has 2 fully saturated rings. The van der Waals surface area contributed by atoms with Crippen LogP contribution < -0.4 is 21.3 Å². The fraction of sp³-hybridized carbons (Fsp3) is 0.803. The third-order valence-corrected chi connectivity index (χ3v) is 17.7. The highest BCUT2D eigenvalue weighted by molar-refractivity contribution is 6.00. The summed E-state index contributed by atoms with van der Waals surface area (Å²) >= 11 is 0. The topological polar surface area (TPSA) is 291 Å². The summed E-state index contributed by atoms with van der Waals surface area (Å²) in [4.78, 5) is 174. The van der Waals surface area contributed by atoms with E-state index in [4.69, 9.17) is 4.74 Å². The summed E-state index contributed by atoms with van der Waals surface area (Å²) in [7, 11) is 11.7. The molecule has 0 saturated carbocycles. The first kappa shape index (κ1) is 80.9. The SMILES string of the molecule is C/C=C/C[C@@H](C)[C@@H](O)[C@H]1C(=O)N[C@@H](CC)C(=O)N(C)CC(=O)N(C)[C@@H](CC(C)C)C(=O)N[C@@H](C(C)C)C(=O)N(C)[C@@H](CC(C)C)C(=O)N[C@@H](C)C(=O)N[C@H](C)C(=O)N(C)[C@@H](CC(C)C)C(=O)N(C)[C@@H](CC(C)C)C(=O)N(C)[C@](OC2CN(C)C2)(C(C)C)C(=O)N1C. The van der Waals surface area contributed by atoms with Crippen molar-refractivity contribution in [1.82, 2.24) is 60.5 Å². The molecule has 0 bridgehead atoms. The van der Waals surface area contributed by atoms with E-state index in [1.54, 1.807) is 60.6 Å². The third-order valence-electron chi connectivity index (χ3n) is 17.7. The predicted molar refractivity (Wildman–Crippen MR) is 350 cm³/mol. The van der Waals surface area contributed by atoms with Crippen molar-refractivity contribution in [2.75, 3.05) is 76.0 Å². The van der Waals surface area contributed by atoms with Crippen LogP contribution in [-0.4, -0.2) is 258 Å². The molecule has 0 radical (unpaired) electrons. The van der Waals surface area contributed by atoms with E-state index in [0.29, 0.717) is 13.1 Å². The van der Waals surface area contributed by atoms with Crippen LogP contribution in [0.2, 0.25) is 0 Å². The minimum Gasteiger partial charge on any atom is -0.390 e. The number of allylic oxidation sites excluding steroid dienone is 2. The quantitative estimate of drug-likeness (QED) is 0.131. The van der Waals surface area contributed by atoms with E-state index in [9.17, 15) is 38.7 Å². The highest BCUT2D eigenvalue weighted by atomic mass is 16.5. The number of aliphatic hydroxyl groups excluding tert-OH is 1. The zero-order valence-electron chi connectivity index (χ0n) is 59.8. The monoisotopic (exact) mass is 1290 g/mol. The fourth-order valence-electron chi connectivity index (χ4n) is 11.8. The molecule has 12 atom stereocenters. The average molecular weight is 1290 g/mol. The zero-order valence-corrected chi connectivity index (χ0v) is 59.8. The standard InChI is InChI=1S/C66H118N12O13/c1-26-28-29-43(15)55(80)54-59(84)69-47(27-2)61(86)72(19)36-52(79)73(20)48(30-37(3)4)58(83)70-53(41(11)12)64(89)74(21)49(31-38(5)6)57(82)67-44(16)56(81)68-45(17)60(85)75(22)50(32-39(7)8)62(87)76(23)51(33-40(9)10)63(88)78(25)66(42(13)14,65(90)77(54)24)91-46-34-71(18)35-46/h26,28,37-51,53-55,80H,27,29-36H2,1-25H3,(H,67,82)(H,68,81)(H,69,84)(H,70,83)/b28-26+/t43-,44+,45-,47+,48+,49+,50+,51+,53+,54+,55-,66+/m1/s1. The molecule has 25 nitrogen and oxygen atoms in total. The van der Waals surface area contributed by atoms with Crippen molar-refractivity contribution >= 4 is 65.0 Å². The number of amides is 11. The number of likely N-dealkylation sites (N-methyl/N-ethyl adjacent to an activating group) is 8. The van der Waals surface area contributed by atoms with Crippen molar-refractivity contribution in [3.05, 3.63) is 12.2 Å². The Morgan fingerprint density at radius 1 is 0.538 bits per heavy atom. The van der Waals surface area contributed by atoms with Crippen LogP contribution in [0.3, 0.4) is 0 Å². The lowest BCUT2D eigenvalue weighted by Crippen LogP contribution is -2.72. The van der Waals surface area contributed by atoms with Gasteiger partial charge >= 0.3 is 0 Å². The summed E-state index contributed by atoms with van der Waals surface area (Å²) in [5.41, 5.74) is -2.21. The average Bonchev–Trinajstić information content (AvgIpc) is 0.760. The molecule has 2 heterocycles. The van der Waals surface area contributed by atoms with Gasteiger partial charge in [-0.05, 0) is 102 Å². The third kappa shape index (κ3) is 21.2. The van der Waals surface area contributed by atoms with Crippen LogP contribution in [0.5, 0.6) is 0 Å². The van der Waals surface area contributed by atoms with Gasteiger partial charge in [-0.1, -0.05) is 109 Å². The molecule has 11 amide bonds. The number of carbonyl (C=O) groups is 11. The highest BCUT2D eigenvalue weighted by Gasteiger charge is 2.57. The lowest BCUT2D eigenvalue weighted by Gasteiger charge is -2.51. The van der Waals surface area contributed by atoms with Crippen molar-refractivity contribution in [2.24, 2.45) is 41.4 Å². The molecule has 2 aliphatic rings. The molecule has 2 saturated heterocycles. The summed E-state index contributed by atoms with van der Waals surface area (Å²) in [5, 5.41) is 23.4. The molecule has 2 rings (SSSR count). The van der Waals surface area contributed by atoms with Crippen molar-refractivity contribution < 1.29 is 62.6 Å². The van der Waals surface area contributed by atoms with E-state index >= 15 is 19.2 Å². The van der Waals surface area contributed by atoms with Crippen LogP contribution in [0.15, 0.2) is 12.2 Å². The normalized spacial score (nSPS) is 27.9. The molecule has 0 aromatic heterocycles. The first-order valence-corrected chi connectivity index (χ1v) is 32.8. The predicted octanol–water partition coefficient (Wildman–Crippen LogP) is 2.93. The summed E-state index contributed by atoms with van der Waals surface area (Å²) in [6.45, 7) is 30.0. The van der Waals surface area contributed by atoms with Crippen molar-refractivity contribution in [3.63, 3.8) is 0 Å². The van der Waals surface area contributed by atoms with E-state index in [-0.39, 0.29) is 62.2 Å². The van der Waals surface area contributed by atoms with Crippen LogP contribution in [-0.2, 0) is 57.5 Å². The van der Waals surface area contributed by atoms with Crippen molar-refractivity contribution in [1.29, 1.82) is 0 Å². The Hall–Kier alpha value is -6.21. The second kappa shape index (κ2) is 35.7. The van der Waals surface area contributed by atoms with Crippen LogP contribution >= 0.6 is 0 Å². The van der Waals surface area contributed by atoms with Gasteiger partial charge in [0, 0.05) is 68.3 Å². The number of aliphatic hydroxyl groups is 1. The summed E-state index contributed by atoms with van der Waals surface area (Å²) < 4.78 is 6.91. The smallest absolute Gasteiger partial charge is 0.276 e. The summed E-state index contributed by atoms with van der Waals surface area (Å²) in [6.07, 6.45) is 2.19. The van der Waals surface area contributed by atoms with Crippen LogP contribution in [0.25, 0.3) is 0 Å². The van der Waals surface area contributed by atoms with E-state index in [0.717, 1.165) is 9.80 Å². The Balaban J connectivity index is 3.11. The van der Waals surface area contributed by atoms with Gasteiger partial charge < -0.3 is 70.3 Å². The maximum absolute atomic E-state index is 16.1. The summed E-state index contributed by atoms with van der Waals surface area (Å²) in [6, 6.07) is -11.5. The van der Waals surface area contributed by atoms with Gasteiger partial charge in [-0.25, -0.2) is 0 Å². The number of rotatable bonds is 17. The largest absolute Gasteiger partial charge is 0.390 e. The lowest BCUT2D eigenvalue weighted by atomic mass is 9.89. The Bertz CT molecular complexity index is 2540. The number of hydrogen-bond acceptors (Lipinski definition) is 14. The Morgan fingerprint density at radius 3 is 1.45 bits per heavy atom. The molecule has 0 aromatic rings. The van der Waals surface area contributed by atoms with Gasteiger partial charge in [-0.3, -0.25) is 52.7 Å². The van der Waals surface area contributed by atoms with Gasteiger partial charge in [0.2, 0.25) is 64.8 Å². The molecule has 0 aliphatic carbocycles. The van der Waals surface area contributed by atoms with E-state index in [1.807, 2.05) is 67.3 Å². The molecule has 0 unspecified atom stereocenters. The van der Waals surface area contributed by atoms with Gasteiger partial charge in [0.1, 0.15) is 54.4 Å². The molecule has 0 aromatic carbocycles. The molecule has 25 heteroatoms. The minimum absolute atomic E-state index is 0.00528. The molecular formula is C66H118N12O13. The van der Waals surface area contributed by atoms with Gasteiger partial charge in [0.25, 0.3) is 5.91 Å². The molecule has 0 spiro atoms. The molecule has 91 heavy (non-hydrogen) atoms. The van der Waals surface area contributed by atoms with E-state index < -0.39 is 162 Å². The first-order valence-electron chi connectivity index (χ1n) is 32.8. The molecule has 2 aliphatic heterocycles. The Kier molecular flexibility index (Phi) is 31.8. The fourth-order valence-corrected chi connectivity index (χ4v) is 11.8. The molecule has 5 N–H and O–H groups in total. The van der Waals surface area contributed by atoms with Crippen LogP contribution in [0.1, 0.15) is 156 Å². The number of nitrogens with zero attached hydrogens (tertiary/aromatic N) is 8. The van der Waals surface area contributed by atoms with E-state index in [1.165, 1.54) is 87.7 Å². The second-order valence-corrected chi connectivity index (χ2v) is 28.1. The number of ether oxygens (including phenoxy) is 1. The number of likely N-dealkylation sites (tertiary alicyclic amines) is 1. The second-order valence-electron chi connectivity index (χ2n) is 28.1. The van der Waals surface area contributed by atoms with Crippen molar-refractivity contribution in [3.8, 4) is 0 Å². The summed E-state index contributed by atoms with van der Waals surface area (Å²) in [5.74, 6) is -10.6. The van der Waals surface area contributed by atoms with Gasteiger partial charge in [-0.15, -0.1) is 0 Å². The van der Waals surface area contributed by atoms with Gasteiger partial charge in [0.05, 0.1) is 18.8 Å². The van der Waals surface area contributed by atoms with Crippen molar-refractivity contribution in [2.45, 2.75) is 229 Å². The lowest BCUT2D eigenvalue weighted by molar-refractivity contribution is -0.234.